The van der Waals surface area contributed by atoms with Crippen molar-refractivity contribution < 1.29 is 12.3 Å². The highest BCUT2D eigenvalue weighted by molar-refractivity contribution is 7.86. The Morgan fingerprint density at radius 2 is 1.79 bits per heavy atom. The maximum Gasteiger partial charge on any atom is 0.349 e. The van der Waals surface area contributed by atoms with E-state index in [4.69, 9.17) is 0 Å². The van der Waals surface area contributed by atoms with Crippen LogP contribution in [0.2, 0.25) is 0 Å². The third-order valence-electron chi connectivity index (χ3n) is 1.86. The van der Waals surface area contributed by atoms with Crippen LogP contribution in [0.5, 0.6) is 0 Å². The van der Waals surface area contributed by atoms with Gasteiger partial charge in [0, 0.05) is 11.6 Å². The molecule has 0 fully saturated rings. The van der Waals surface area contributed by atoms with Crippen LogP contribution in [0, 0.1) is 0 Å². The zero-order valence-electron chi connectivity index (χ0n) is 7.01. The van der Waals surface area contributed by atoms with E-state index in [1.54, 1.807) is 24.3 Å². The Balaban J connectivity index is 2.75. The quantitative estimate of drug-likeness (QED) is 0.677. The molecule has 5 heteroatoms. The molecule has 2 rings (SSSR count). The van der Waals surface area contributed by atoms with Crippen LogP contribution in [0.25, 0.3) is 10.8 Å². The fourth-order valence-corrected chi connectivity index (χ4v) is 1.64. The van der Waals surface area contributed by atoms with Gasteiger partial charge < -0.3 is 0 Å². The lowest BCUT2D eigenvalue weighted by atomic mass is 10.2. The molecule has 2 aromatic rings. The van der Waals surface area contributed by atoms with E-state index >= 15 is 0 Å². The summed E-state index contributed by atoms with van der Waals surface area (Å²) in [5.41, 5.74) is 0. The standard InChI is InChI=1S/C9H6FNO2S/c10-14(12,13)9-5-7-3-1-2-4-8(7)6-11-9/h1-6H. The van der Waals surface area contributed by atoms with E-state index in [-0.39, 0.29) is 0 Å². The van der Waals surface area contributed by atoms with E-state index in [0.29, 0.717) is 5.39 Å². The molecule has 0 atom stereocenters. The summed E-state index contributed by atoms with van der Waals surface area (Å²) in [6, 6.07) is 8.23. The molecule has 0 N–H and O–H groups in total. The molecule has 14 heavy (non-hydrogen) atoms. The summed E-state index contributed by atoms with van der Waals surface area (Å²) >= 11 is 0. The number of hydrogen-bond acceptors (Lipinski definition) is 3. The van der Waals surface area contributed by atoms with Gasteiger partial charge in [0.2, 0.25) is 0 Å². The van der Waals surface area contributed by atoms with Crippen molar-refractivity contribution in [3.05, 3.63) is 36.5 Å². The first-order valence-electron chi connectivity index (χ1n) is 3.87. The van der Waals surface area contributed by atoms with Crippen molar-refractivity contribution in [3.63, 3.8) is 0 Å². The van der Waals surface area contributed by atoms with Gasteiger partial charge in [0.05, 0.1) is 0 Å². The van der Waals surface area contributed by atoms with Gasteiger partial charge >= 0.3 is 10.2 Å². The fraction of sp³-hybridized carbons (Fsp3) is 0. The molecule has 1 aromatic heterocycles. The van der Waals surface area contributed by atoms with Crippen LogP contribution >= 0.6 is 0 Å². The summed E-state index contributed by atoms with van der Waals surface area (Å²) < 4.78 is 33.7. The van der Waals surface area contributed by atoms with Crippen molar-refractivity contribution >= 4 is 21.0 Å². The first-order chi connectivity index (χ1) is 6.57. The van der Waals surface area contributed by atoms with Gasteiger partial charge in [-0.25, -0.2) is 4.98 Å². The number of fused-ring (bicyclic) bond motifs is 1. The minimum absolute atomic E-state index is 0.545. The Morgan fingerprint density at radius 3 is 2.43 bits per heavy atom. The highest BCUT2D eigenvalue weighted by Crippen LogP contribution is 2.17. The molecule has 0 bridgehead atoms. The van der Waals surface area contributed by atoms with Gasteiger partial charge in [0.25, 0.3) is 0 Å². The minimum atomic E-state index is -4.71. The van der Waals surface area contributed by atoms with Crippen LogP contribution in [0.3, 0.4) is 0 Å². The fourth-order valence-electron chi connectivity index (χ4n) is 1.20. The van der Waals surface area contributed by atoms with Gasteiger partial charge in [-0.2, -0.15) is 8.42 Å². The lowest BCUT2D eigenvalue weighted by molar-refractivity contribution is 0.548. The average molecular weight is 211 g/mol. The number of hydrogen-bond donors (Lipinski definition) is 0. The topological polar surface area (TPSA) is 47.0 Å². The van der Waals surface area contributed by atoms with E-state index in [0.717, 1.165) is 5.39 Å². The van der Waals surface area contributed by atoms with Crippen molar-refractivity contribution in [2.45, 2.75) is 5.03 Å². The largest absolute Gasteiger partial charge is 0.349 e. The molecule has 0 saturated carbocycles. The Kier molecular flexibility index (Phi) is 1.96. The third kappa shape index (κ3) is 1.58. The minimum Gasteiger partial charge on any atom is -0.242 e. The number of rotatable bonds is 1. The van der Waals surface area contributed by atoms with Gasteiger partial charge in [-0.3, -0.25) is 0 Å². The summed E-state index contributed by atoms with van der Waals surface area (Å²) in [6.45, 7) is 0. The number of halogens is 1. The summed E-state index contributed by atoms with van der Waals surface area (Å²) in [4.78, 5) is 3.52. The van der Waals surface area contributed by atoms with Crippen LogP contribution in [-0.2, 0) is 10.2 Å². The highest BCUT2D eigenvalue weighted by atomic mass is 32.3. The summed E-state index contributed by atoms with van der Waals surface area (Å²) in [7, 11) is -4.71. The SMILES string of the molecule is O=S(=O)(F)c1cc2ccccc2cn1. The first kappa shape index (κ1) is 9.08. The summed E-state index contributed by atoms with van der Waals surface area (Å²) in [6.07, 6.45) is 1.34. The number of aromatic nitrogens is 1. The van der Waals surface area contributed by atoms with E-state index in [9.17, 15) is 12.3 Å². The highest BCUT2D eigenvalue weighted by Gasteiger charge is 2.13. The molecular formula is C9H6FNO2S. The molecule has 0 amide bonds. The second-order valence-electron chi connectivity index (χ2n) is 2.81. The number of nitrogens with zero attached hydrogens (tertiary/aromatic N) is 1. The van der Waals surface area contributed by atoms with Gasteiger partial charge in [-0.15, -0.1) is 0 Å². The lowest BCUT2D eigenvalue weighted by Crippen LogP contribution is -1.95. The zero-order valence-corrected chi connectivity index (χ0v) is 7.83. The van der Waals surface area contributed by atoms with Crippen LogP contribution < -0.4 is 0 Å². The second-order valence-corrected chi connectivity index (χ2v) is 4.10. The Morgan fingerprint density at radius 1 is 1.14 bits per heavy atom. The van der Waals surface area contributed by atoms with E-state index in [2.05, 4.69) is 4.98 Å². The molecule has 3 nitrogen and oxygen atoms in total. The molecule has 0 spiro atoms. The zero-order chi connectivity index (χ0) is 10.2. The molecule has 0 aliphatic heterocycles. The van der Waals surface area contributed by atoms with Crippen molar-refractivity contribution in [2.24, 2.45) is 0 Å². The normalized spacial score (nSPS) is 11.8. The molecule has 0 unspecified atom stereocenters. The van der Waals surface area contributed by atoms with Crippen molar-refractivity contribution in [1.29, 1.82) is 0 Å². The molecule has 0 aliphatic carbocycles. The van der Waals surface area contributed by atoms with Crippen molar-refractivity contribution in [1.82, 2.24) is 4.98 Å². The molecule has 72 valence electrons. The van der Waals surface area contributed by atoms with Gasteiger partial charge in [0.15, 0.2) is 5.03 Å². The third-order valence-corrected chi connectivity index (χ3v) is 2.58. The van der Waals surface area contributed by atoms with Gasteiger partial charge in [0.1, 0.15) is 0 Å². The van der Waals surface area contributed by atoms with Gasteiger partial charge in [-0.05, 0) is 11.5 Å². The molecular weight excluding hydrogens is 205 g/mol. The monoisotopic (exact) mass is 211 g/mol. The molecule has 1 aromatic carbocycles. The predicted molar refractivity (Wildman–Crippen MR) is 50.0 cm³/mol. The second kappa shape index (κ2) is 3.02. The summed E-state index contributed by atoms with van der Waals surface area (Å²) in [5, 5.41) is 0.884. The average Bonchev–Trinajstić information content (AvgIpc) is 2.16. The van der Waals surface area contributed by atoms with Crippen molar-refractivity contribution in [2.75, 3.05) is 0 Å². The maximum absolute atomic E-state index is 12.6. The molecule has 0 radical (unpaired) electrons. The van der Waals surface area contributed by atoms with E-state index in [1.807, 2.05) is 0 Å². The van der Waals surface area contributed by atoms with Gasteiger partial charge in [-0.1, -0.05) is 28.2 Å². The van der Waals surface area contributed by atoms with E-state index < -0.39 is 15.2 Å². The summed E-state index contributed by atoms with van der Waals surface area (Å²) in [5.74, 6) is 0. The lowest BCUT2D eigenvalue weighted by Gasteiger charge is -1.97. The van der Waals surface area contributed by atoms with Crippen molar-refractivity contribution in [3.8, 4) is 0 Å². The van der Waals surface area contributed by atoms with Crippen LogP contribution in [-0.4, -0.2) is 13.4 Å². The molecule has 0 aliphatic rings. The molecule has 0 saturated heterocycles. The molecule has 1 heterocycles. The Labute approximate surface area is 80.4 Å². The van der Waals surface area contributed by atoms with Crippen LogP contribution in [0.1, 0.15) is 0 Å². The van der Waals surface area contributed by atoms with E-state index in [1.165, 1.54) is 12.3 Å². The number of pyridine rings is 1. The Hall–Kier alpha value is -1.49. The Bertz CT molecular complexity index is 580. The van der Waals surface area contributed by atoms with Crippen LogP contribution in [0.15, 0.2) is 41.6 Å². The first-order valence-corrected chi connectivity index (χ1v) is 5.25. The smallest absolute Gasteiger partial charge is 0.242 e. The predicted octanol–water partition coefficient (Wildman–Crippen LogP) is 1.89. The van der Waals surface area contributed by atoms with Crippen LogP contribution in [0.4, 0.5) is 3.89 Å². The number of benzene rings is 1. The maximum atomic E-state index is 12.6.